The summed E-state index contributed by atoms with van der Waals surface area (Å²) in [6.45, 7) is 0. The predicted molar refractivity (Wildman–Crippen MR) is 54.8 cm³/mol. The van der Waals surface area contributed by atoms with Gasteiger partial charge in [-0.25, -0.2) is 4.79 Å². The van der Waals surface area contributed by atoms with Crippen LogP contribution in [0.2, 0.25) is 0 Å². The molecule has 0 spiro atoms. The number of fused-ring (bicyclic) bond motifs is 1. The summed E-state index contributed by atoms with van der Waals surface area (Å²) in [5.41, 5.74) is 5.97. The van der Waals surface area contributed by atoms with E-state index in [4.69, 9.17) is 10.6 Å². The Labute approximate surface area is 87.3 Å². The quantitative estimate of drug-likeness (QED) is 0.713. The molecule has 0 bridgehead atoms. The van der Waals surface area contributed by atoms with Gasteiger partial charge in [-0.1, -0.05) is 18.2 Å². The number of para-hydroxylation sites is 1. The van der Waals surface area contributed by atoms with E-state index in [0.29, 0.717) is 5.75 Å². The van der Waals surface area contributed by atoms with Gasteiger partial charge in [-0.15, -0.1) is 17.5 Å². The second kappa shape index (κ2) is 4.02. The first-order chi connectivity index (χ1) is 6.27. The summed E-state index contributed by atoms with van der Waals surface area (Å²) < 4.78 is 0. The molecule has 1 aliphatic heterocycles. The second-order valence-electron chi connectivity index (χ2n) is 2.61. The summed E-state index contributed by atoms with van der Waals surface area (Å²) >= 11 is 0. The van der Waals surface area contributed by atoms with Gasteiger partial charge in [-0.2, -0.15) is 0 Å². The van der Waals surface area contributed by atoms with Crippen LogP contribution < -0.4 is 10.6 Å². The third-order valence-electron chi connectivity index (χ3n) is 1.72. The first kappa shape index (κ1) is 10.4. The van der Waals surface area contributed by atoms with Gasteiger partial charge >= 0.3 is 6.03 Å². The van der Waals surface area contributed by atoms with E-state index in [1.807, 2.05) is 18.2 Å². The summed E-state index contributed by atoms with van der Waals surface area (Å²) in [6, 6.07) is 6.76. The number of amides is 2. The van der Waals surface area contributed by atoms with Gasteiger partial charge in [0.2, 0.25) is 0 Å². The first-order valence-electron chi connectivity index (χ1n) is 3.81. The third-order valence-corrected chi connectivity index (χ3v) is 1.72. The van der Waals surface area contributed by atoms with Crippen LogP contribution >= 0.6 is 12.4 Å². The lowest BCUT2D eigenvalue weighted by atomic mass is 10.2. The summed E-state index contributed by atoms with van der Waals surface area (Å²) in [5.74, 6) is 0.629. The van der Waals surface area contributed by atoms with E-state index in [-0.39, 0.29) is 12.4 Å². The zero-order valence-electron chi connectivity index (χ0n) is 7.21. The Morgan fingerprint density at radius 3 is 2.79 bits per heavy atom. The fraction of sp³-hybridized carbons (Fsp3) is 0. The van der Waals surface area contributed by atoms with Crippen molar-refractivity contribution in [2.45, 2.75) is 0 Å². The Kier molecular flexibility index (Phi) is 2.99. The smallest absolute Gasteiger partial charge is 0.352 e. The zero-order chi connectivity index (χ0) is 9.26. The van der Waals surface area contributed by atoms with Crippen molar-refractivity contribution in [2.24, 2.45) is 5.73 Å². The Balaban J connectivity index is 0.000000980. The van der Waals surface area contributed by atoms with E-state index in [0.717, 1.165) is 10.6 Å². The first-order valence-corrected chi connectivity index (χ1v) is 3.81. The van der Waals surface area contributed by atoms with Crippen LogP contribution in [0.3, 0.4) is 0 Å². The van der Waals surface area contributed by atoms with E-state index in [9.17, 15) is 4.79 Å². The maximum Gasteiger partial charge on any atom is 0.352 e. The molecular weight excluding hydrogens is 204 g/mol. The summed E-state index contributed by atoms with van der Waals surface area (Å²) in [6.07, 6.45) is 3.26. The van der Waals surface area contributed by atoms with Crippen molar-refractivity contribution in [3.05, 3.63) is 36.0 Å². The van der Waals surface area contributed by atoms with Crippen molar-refractivity contribution in [3.63, 3.8) is 0 Å². The molecule has 14 heavy (non-hydrogen) atoms. The number of carbonyl (C=O) groups excluding carboxylic acids is 1. The van der Waals surface area contributed by atoms with Gasteiger partial charge in [0.25, 0.3) is 0 Å². The Morgan fingerprint density at radius 1 is 1.36 bits per heavy atom. The highest BCUT2D eigenvalue weighted by molar-refractivity contribution is 5.85. The van der Waals surface area contributed by atoms with Crippen LogP contribution in [0.4, 0.5) is 4.79 Å². The molecule has 74 valence electrons. The van der Waals surface area contributed by atoms with Gasteiger partial charge < -0.3 is 10.6 Å². The van der Waals surface area contributed by atoms with E-state index in [1.165, 1.54) is 6.20 Å². The number of hydrogen-bond donors (Lipinski definition) is 1. The van der Waals surface area contributed by atoms with Crippen LogP contribution in [0.1, 0.15) is 5.56 Å². The van der Waals surface area contributed by atoms with Crippen molar-refractivity contribution in [2.75, 3.05) is 0 Å². The summed E-state index contributed by atoms with van der Waals surface area (Å²) in [4.78, 5) is 15.9. The molecule has 1 aromatic rings. The van der Waals surface area contributed by atoms with E-state index in [2.05, 4.69) is 0 Å². The summed E-state index contributed by atoms with van der Waals surface area (Å²) in [7, 11) is 0. The lowest BCUT2D eigenvalue weighted by Gasteiger charge is -2.20. The maximum absolute atomic E-state index is 10.7. The van der Waals surface area contributed by atoms with E-state index in [1.54, 1.807) is 12.1 Å². The molecular formula is C9H9ClN2O2. The van der Waals surface area contributed by atoms with Gasteiger partial charge in [0.1, 0.15) is 0 Å². The minimum absolute atomic E-state index is 0. The molecule has 0 aliphatic carbocycles. The Bertz CT molecular complexity index is 379. The Morgan fingerprint density at radius 2 is 2.07 bits per heavy atom. The second-order valence-corrected chi connectivity index (χ2v) is 2.61. The predicted octanol–water partition coefficient (Wildman–Crippen LogP) is 1.77. The van der Waals surface area contributed by atoms with Crippen LogP contribution in [0.5, 0.6) is 5.75 Å². The number of nitrogens with zero attached hydrogens (tertiary/aromatic N) is 1. The maximum atomic E-state index is 10.7. The Hall–Kier alpha value is -1.68. The molecule has 0 fully saturated rings. The molecule has 1 aliphatic rings. The molecule has 2 N–H and O–H groups in total. The largest absolute Gasteiger partial charge is 0.370 e. The number of halogens is 1. The molecule has 0 unspecified atom stereocenters. The number of carbonyl (C=O) groups is 1. The van der Waals surface area contributed by atoms with Crippen molar-refractivity contribution in [1.82, 2.24) is 5.06 Å². The topological polar surface area (TPSA) is 55.6 Å². The molecule has 0 saturated carbocycles. The number of nitrogens with two attached hydrogens (primary N) is 1. The average molecular weight is 213 g/mol. The molecule has 5 heteroatoms. The van der Waals surface area contributed by atoms with Crippen LogP contribution in [0, 0.1) is 0 Å². The molecule has 1 heterocycles. The van der Waals surface area contributed by atoms with Crippen molar-refractivity contribution in [1.29, 1.82) is 0 Å². The number of hydrogen-bond acceptors (Lipinski definition) is 2. The number of hydroxylamine groups is 2. The highest BCUT2D eigenvalue weighted by Gasteiger charge is 2.14. The van der Waals surface area contributed by atoms with Crippen molar-refractivity contribution >= 4 is 24.5 Å². The molecule has 4 nitrogen and oxygen atoms in total. The minimum atomic E-state index is -0.634. The molecule has 1 aromatic carbocycles. The fourth-order valence-electron chi connectivity index (χ4n) is 1.10. The SMILES string of the molecule is Cl.NC(=O)N1C=Cc2ccccc2O1. The molecule has 0 radical (unpaired) electrons. The molecule has 0 aromatic heterocycles. The molecule has 0 atom stereocenters. The number of primary amides is 1. The van der Waals surface area contributed by atoms with Crippen LogP contribution in [0.15, 0.2) is 30.5 Å². The van der Waals surface area contributed by atoms with Crippen LogP contribution in [-0.2, 0) is 0 Å². The van der Waals surface area contributed by atoms with Gasteiger partial charge in [-0.05, 0) is 12.1 Å². The van der Waals surface area contributed by atoms with Gasteiger partial charge in [0, 0.05) is 5.56 Å². The highest BCUT2D eigenvalue weighted by Crippen LogP contribution is 2.24. The highest BCUT2D eigenvalue weighted by atomic mass is 35.5. The summed E-state index contributed by atoms with van der Waals surface area (Å²) in [5, 5.41) is 0.988. The number of rotatable bonds is 0. The van der Waals surface area contributed by atoms with Gasteiger partial charge in [0.05, 0.1) is 6.20 Å². The molecule has 2 rings (SSSR count). The molecule has 0 saturated heterocycles. The van der Waals surface area contributed by atoms with Crippen molar-refractivity contribution in [3.8, 4) is 5.75 Å². The fourth-order valence-corrected chi connectivity index (χ4v) is 1.10. The average Bonchev–Trinajstić information content (AvgIpc) is 2.17. The number of benzene rings is 1. The minimum Gasteiger partial charge on any atom is -0.370 e. The lowest BCUT2D eigenvalue weighted by Crippen LogP contribution is -2.35. The normalized spacial score (nSPS) is 12.4. The lowest BCUT2D eigenvalue weighted by molar-refractivity contribution is 0.0356. The third kappa shape index (κ3) is 1.80. The van der Waals surface area contributed by atoms with Gasteiger partial charge in [0.15, 0.2) is 5.75 Å². The monoisotopic (exact) mass is 212 g/mol. The van der Waals surface area contributed by atoms with Gasteiger partial charge in [-0.3, -0.25) is 0 Å². The zero-order valence-corrected chi connectivity index (χ0v) is 8.03. The number of urea groups is 1. The standard InChI is InChI=1S/C9H8N2O2.ClH/c10-9(12)11-6-5-7-3-1-2-4-8(7)13-11;/h1-6H,(H2,10,12);1H. The van der Waals surface area contributed by atoms with E-state index < -0.39 is 6.03 Å². The van der Waals surface area contributed by atoms with Crippen LogP contribution in [0.25, 0.3) is 6.08 Å². The molecule has 2 amide bonds. The van der Waals surface area contributed by atoms with Crippen molar-refractivity contribution < 1.29 is 9.63 Å². The van der Waals surface area contributed by atoms with Crippen LogP contribution in [-0.4, -0.2) is 11.1 Å². The van der Waals surface area contributed by atoms with E-state index >= 15 is 0 Å².